The molecule has 24 heavy (non-hydrogen) atoms. The number of hydrogen-bond donors (Lipinski definition) is 1. The number of ether oxygens (including phenoxy) is 1. The molecule has 0 radical (unpaired) electrons. The molecule has 0 aliphatic rings. The Morgan fingerprint density at radius 3 is 2.67 bits per heavy atom. The first-order valence-corrected chi connectivity index (χ1v) is 7.62. The zero-order valence-corrected chi connectivity index (χ0v) is 13.2. The van der Waals surface area contributed by atoms with Crippen molar-refractivity contribution >= 4 is 0 Å². The molecule has 2 aromatic rings. The van der Waals surface area contributed by atoms with E-state index >= 15 is 0 Å². The van der Waals surface area contributed by atoms with Crippen LogP contribution in [0.1, 0.15) is 43.9 Å². The molecule has 0 atom stereocenters. The fraction of sp³-hybridized carbons (Fsp3) is 0.438. The first-order valence-electron chi connectivity index (χ1n) is 7.62. The number of alkyl halides is 3. The van der Waals surface area contributed by atoms with Crippen molar-refractivity contribution in [2.24, 2.45) is 0 Å². The number of aromatic nitrogens is 3. The lowest BCUT2D eigenvalue weighted by molar-refractivity contribution is -0.137. The molecule has 0 saturated carbocycles. The summed E-state index contributed by atoms with van der Waals surface area (Å²) < 4.78 is 44.7. The predicted molar refractivity (Wildman–Crippen MR) is 81.2 cm³/mol. The number of nitrogens with one attached hydrogen (secondary N) is 1. The van der Waals surface area contributed by atoms with Gasteiger partial charge < -0.3 is 4.74 Å². The summed E-state index contributed by atoms with van der Waals surface area (Å²) in [5, 5.41) is 18.5. The van der Waals surface area contributed by atoms with Gasteiger partial charge in [0, 0.05) is 5.56 Å². The van der Waals surface area contributed by atoms with E-state index in [1.54, 1.807) is 0 Å². The highest BCUT2D eigenvalue weighted by Crippen LogP contribution is 2.35. The molecule has 0 aliphatic carbocycles. The lowest BCUT2D eigenvalue weighted by Crippen LogP contribution is -2.07. The monoisotopic (exact) mass is 338 g/mol. The first-order chi connectivity index (χ1) is 11.5. The first kappa shape index (κ1) is 17.8. The maximum absolute atomic E-state index is 13.1. The van der Waals surface area contributed by atoms with E-state index in [-0.39, 0.29) is 22.7 Å². The van der Waals surface area contributed by atoms with Gasteiger partial charge in [0.25, 0.3) is 0 Å². The van der Waals surface area contributed by atoms with Crippen LogP contribution >= 0.6 is 0 Å². The molecule has 0 saturated heterocycles. The Hall–Kier alpha value is -2.56. The number of benzene rings is 1. The Kier molecular flexibility index (Phi) is 5.79. The fourth-order valence-corrected chi connectivity index (χ4v) is 2.21. The van der Waals surface area contributed by atoms with Crippen LogP contribution < -0.4 is 4.74 Å². The fourth-order valence-electron chi connectivity index (χ4n) is 2.21. The SMILES string of the molecule is CCCCCCOc1cc(-c2nn[nH]c2C#N)cc(C(F)(F)F)c1. The number of H-pyrrole nitrogens is 1. The molecular weight excluding hydrogens is 321 g/mol. The third-order valence-electron chi connectivity index (χ3n) is 3.43. The lowest BCUT2D eigenvalue weighted by Gasteiger charge is -2.12. The second kappa shape index (κ2) is 7.81. The van der Waals surface area contributed by atoms with Crippen LogP contribution in [0.25, 0.3) is 11.3 Å². The molecule has 0 amide bonds. The van der Waals surface area contributed by atoms with Crippen molar-refractivity contribution in [3.8, 4) is 23.1 Å². The molecule has 0 fully saturated rings. The summed E-state index contributed by atoms with van der Waals surface area (Å²) in [5.74, 6) is 0.100. The molecule has 1 aromatic carbocycles. The average molecular weight is 338 g/mol. The molecule has 1 aromatic heterocycles. The van der Waals surface area contributed by atoms with E-state index in [2.05, 4.69) is 22.3 Å². The average Bonchev–Trinajstić information content (AvgIpc) is 3.02. The second-order valence-electron chi connectivity index (χ2n) is 5.30. The molecule has 128 valence electrons. The van der Waals surface area contributed by atoms with E-state index in [9.17, 15) is 13.2 Å². The number of unbranched alkanes of at least 4 members (excludes halogenated alkanes) is 3. The topological polar surface area (TPSA) is 74.6 Å². The maximum atomic E-state index is 13.1. The number of hydrogen-bond acceptors (Lipinski definition) is 4. The number of nitriles is 1. The summed E-state index contributed by atoms with van der Waals surface area (Å²) in [6.07, 6.45) is -0.664. The molecule has 5 nitrogen and oxygen atoms in total. The standard InChI is InChI=1S/C16H17F3N4O/c1-2-3-4-5-6-24-13-8-11(7-12(9-13)16(17,18)19)15-14(10-20)21-23-22-15/h7-9H,2-6H2,1H3,(H,21,22,23). The third-order valence-corrected chi connectivity index (χ3v) is 3.43. The van der Waals surface area contributed by atoms with E-state index < -0.39 is 11.7 Å². The summed E-state index contributed by atoms with van der Waals surface area (Å²) in [6.45, 7) is 2.41. The molecule has 1 N–H and O–H groups in total. The van der Waals surface area contributed by atoms with Gasteiger partial charge >= 0.3 is 6.18 Å². The van der Waals surface area contributed by atoms with Crippen LogP contribution in [0.5, 0.6) is 5.75 Å². The zero-order chi connectivity index (χ0) is 17.6. The van der Waals surface area contributed by atoms with Gasteiger partial charge in [0.2, 0.25) is 0 Å². The molecular formula is C16H17F3N4O. The molecule has 0 aliphatic heterocycles. The lowest BCUT2D eigenvalue weighted by atomic mass is 10.1. The van der Waals surface area contributed by atoms with E-state index in [0.29, 0.717) is 6.61 Å². The number of nitrogens with zero attached hydrogens (tertiary/aromatic N) is 3. The van der Waals surface area contributed by atoms with Crippen molar-refractivity contribution in [1.29, 1.82) is 5.26 Å². The van der Waals surface area contributed by atoms with Gasteiger partial charge in [0.1, 0.15) is 17.5 Å². The number of aromatic amines is 1. The van der Waals surface area contributed by atoms with Crippen molar-refractivity contribution < 1.29 is 17.9 Å². The quantitative estimate of drug-likeness (QED) is 0.763. The van der Waals surface area contributed by atoms with Crippen LogP contribution in [-0.2, 0) is 6.18 Å². The van der Waals surface area contributed by atoms with Crippen LogP contribution in [0.2, 0.25) is 0 Å². The number of rotatable bonds is 7. The van der Waals surface area contributed by atoms with E-state index in [1.165, 1.54) is 6.07 Å². The van der Waals surface area contributed by atoms with Gasteiger partial charge in [0.15, 0.2) is 5.69 Å². The highest BCUT2D eigenvalue weighted by molar-refractivity contribution is 5.66. The molecule has 0 unspecified atom stereocenters. The normalized spacial score (nSPS) is 11.3. The minimum absolute atomic E-state index is 0.00298. The van der Waals surface area contributed by atoms with Crippen LogP contribution in [0.4, 0.5) is 13.2 Å². The summed E-state index contributed by atoms with van der Waals surface area (Å²) in [5.41, 5.74) is -0.642. The Labute approximate surface area is 137 Å². The van der Waals surface area contributed by atoms with Crippen molar-refractivity contribution in [3.63, 3.8) is 0 Å². The van der Waals surface area contributed by atoms with Gasteiger partial charge in [-0.05, 0) is 24.6 Å². The molecule has 0 spiro atoms. The molecule has 0 bridgehead atoms. The second-order valence-corrected chi connectivity index (χ2v) is 5.30. The van der Waals surface area contributed by atoms with Gasteiger partial charge in [-0.25, -0.2) is 5.10 Å². The van der Waals surface area contributed by atoms with Crippen LogP contribution in [0, 0.1) is 11.3 Å². The van der Waals surface area contributed by atoms with Crippen LogP contribution in [-0.4, -0.2) is 22.0 Å². The smallest absolute Gasteiger partial charge is 0.416 e. The zero-order valence-electron chi connectivity index (χ0n) is 13.2. The summed E-state index contributed by atoms with van der Waals surface area (Å²) in [6, 6.07) is 5.14. The predicted octanol–water partition coefficient (Wildman–Crippen LogP) is 4.32. The highest BCUT2D eigenvalue weighted by Gasteiger charge is 2.32. The van der Waals surface area contributed by atoms with Gasteiger partial charge in [-0.3, -0.25) is 0 Å². The Bertz CT molecular complexity index is 719. The maximum Gasteiger partial charge on any atom is 0.416 e. The summed E-state index contributed by atoms with van der Waals surface area (Å²) >= 11 is 0. The number of halogens is 3. The van der Waals surface area contributed by atoms with Crippen molar-refractivity contribution in [2.75, 3.05) is 6.61 Å². The minimum Gasteiger partial charge on any atom is -0.494 e. The summed E-state index contributed by atoms with van der Waals surface area (Å²) in [7, 11) is 0. The largest absolute Gasteiger partial charge is 0.494 e. The van der Waals surface area contributed by atoms with Crippen molar-refractivity contribution in [2.45, 2.75) is 38.8 Å². The molecule has 1 heterocycles. The van der Waals surface area contributed by atoms with Gasteiger partial charge in [0.05, 0.1) is 12.2 Å². The Balaban J connectivity index is 2.28. The van der Waals surface area contributed by atoms with Crippen LogP contribution in [0.15, 0.2) is 18.2 Å². The molecule has 8 heteroatoms. The van der Waals surface area contributed by atoms with E-state index in [1.807, 2.05) is 6.07 Å². The van der Waals surface area contributed by atoms with E-state index in [0.717, 1.165) is 37.8 Å². The van der Waals surface area contributed by atoms with Crippen molar-refractivity contribution in [1.82, 2.24) is 15.4 Å². The van der Waals surface area contributed by atoms with Crippen molar-refractivity contribution in [3.05, 3.63) is 29.5 Å². The highest BCUT2D eigenvalue weighted by atomic mass is 19.4. The van der Waals surface area contributed by atoms with E-state index in [4.69, 9.17) is 10.00 Å². The Morgan fingerprint density at radius 2 is 2.00 bits per heavy atom. The van der Waals surface area contributed by atoms with Gasteiger partial charge in [-0.1, -0.05) is 31.4 Å². The summed E-state index contributed by atoms with van der Waals surface area (Å²) in [4.78, 5) is 0. The van der Waals surface area contributed by atoms with Gasteiger partial charge in [-0.15, -0.1) is 5.10 Å². The van der Waals surface area contributed by atoms with Gasteiger partial charge in [-0.2, -0.15) is 18.4 Å². The Morgan fingerprint density at radius 1 is 1.21 bits per heavy atom. The van der Waals surface area contributed by atoms with Crippen LogP contribution in [0.3, 0.4) is 0 Å². The third kappa shape index (κ3) is 4.47. The minimum atomic E-state index is -4.52. The molecule has 2 rings (SSSR count).